The van der Waals surface area contributed by atoms with Crippen LogP contribution in [0.25, 0.3) is 11.4 Å². The summed E-state index contributed by atoms with van der Waals surface area (Å²) in [5.74, 6) is 0.860. The fourth-order valence-corrected chi connectivity index (χ4v) is 4.37. The van der Waals surface area contributed by atoms with Gasteiger partial charge in [0.15, 0.2) is 0 Å². The van der Waals surface area contributed by atoms with E-state index >= 15 is 0 Å². The van der Waals surface area contributed by atoms with Crippen LogP contribution >= 0.6 is 0 Å². The highest BCUT2D eigenvalue weighted by molar-refractivity contribution is 5.94. The summed E-state index contributed by atoms with van der Waals surface area (Å²) in [5.41, 5.74) is 2.65. The molecule has 4 rings (SSSR count). The lowest BCUT2D eigenvalue weighted by Gasteiger charge is -2.40. The first-order chi connectivity index (χ1) is 14.1. The Kier molecular flexibility index (Phi) is 6.01. The Morgan fingerprint density at radius 3 is 2.62 bits per heavy atom. The normalized spacial score (nSPS) is 18.1. The van der Waals surface area contributed by atoms with Gasteiger partial charge in [-0.25, -0.2) is 4.98 Å². The third kappa shape index (κ3) is 4.38. The second-order valence-corrected chi connectivity index (χ2v) is 8.65. The van der Waals surface area contributed by atoms with Gasteiger partial charge in [0.1, 0.15) is 11.5 Å². The smallest absolute Gasteiger partial charge is 0.271 e. The molecule has 0 saturated carbocycles. The van der Waals surface area contributed by atoms with Gasteiger partial charge in [-0.15, -0.1) is 0 Å². The number of imidazole rings is 1. The first-order valence-corrected chi connectivity index (χ1v) is 10.8. The van der Waals surface area contributed by atoms with E-state index < -0.39 is 0 Å². The lowest BCUT2D eigenvalue weighted by Crippen LogP contribution is -2.55. The molecule has 0 bridgehead atoms. The molecule has 1 saturated heterocycles. The molecule has 6 heteroatoms. The van der Waals surface area contributed by atoms with Crippen molar-refractivity contribution in [3.05, 3.63) is 41.7 Å². The van der Waals surface area contributed by atoms with E-state index in [0.29, 0.717) is 12.2 Å². The number of amides is 1. The van der Waals surface area contributed by atoms with Crippen molar-refractivity contribution in [1.29, 1.82) is 0 Å². The molecule has 0 radical (unpaired) electrons. The van der Waals surface area contributed by atoms with E-state index in [1.165, 1.54) is 6.42 Å². The molecule has 2 aromatic rings. The molecule has 156 valence electrons. The van der Waals surface area contributed by atoms with Crippen molar-refractivity contribution in [3.63, 3.8) is 0 Å². The van der Waals surface area contributed by atoms with Crippen LogP contribution in [0.1, 0.15) is 49.3 Å². The highest BCUT2D eigenvalue weighted by Gasteiger charge is 2.30. The summed E-state index contributed by atoms with van der Waals surface area (Å²) in [6, 6.07) is 10.2. The summed E-state index contributed by atoms with van der Waals surface area (Å²) in [6.45, 7) is 9.21. The van der Waals surface area contributed by atoms with Crippen LogP contribution in [0.2, 0.25) is 0 Å². The molecule has 1 fully saturated rings. The molecule has 2 aliphatic rings. The van der Waals surface area contributed by atoms with Crippen LogP contribution in [0.5, 0.6) is 0 Å². The number of carbonyl (C=O) groups excluding carboxylic acids is 1. The Hall–Kier alpha value is -2.18. The standard InChI is InChI=1S/C23H32N4O2/c1-23(2,26-13-15-29-16-14-26)17-24-22(28)20-19-11-7-4-8-12-27(19)21(25-20)18-9-5-3-6-10-18/h3,5-6,9-10H,4,7-8,11-17H2,1-2H3,(H,24,28). The monoisotopic (exact) mass is 396 g/mol. The molecule has 0 unspecified atom stereocenters. The van der Waals surface area contributed by atoms with Gasteiger partial charge in [-0.3, -0.25) is 9.69 Å². The molecule has 2 aliphatic heterocycles. The summed E-state index contributed by atoms with van der Waals surface area (Å²) in [4.78, 5) is 20.4. The maximum absolute atomic E-state index is 13.2. The molecule has 0 spiro atoms. The molecule has 6 nitrogen and oxygen atoms in total. The van der Waals surface area contributed by atoms with E-state index in [9.17, 15) is 4.79 Å². The van der Waals surface area contributed by atoms with Crippen LogP contribution in [-0.4, -0.2) is 58.7 Å². The first kappa shape index (κ1) is 20.1. The summed E-state index contributed by atoms with van der Waals surface area (Å²) < 4.78 is 7.74. The summed E-state index contributed by atoms with van der Waals surface area (Å²) in [6.07, 6.45) is 4.35. The topological polar surface area (TPSA) is 59.4 Å². The number of rotatable bonds is 5. The van der Waals surface area contributed by atoms with E-state index in [0.717, 1.165) is 69.2 Å². The molecular weight excluding hydrogens is 364 g/mol. The lowest BCUT2D eigenvalue weighted by atomic mass is 10.0. The van der Waals surface area contributed by atoms with Crippen molar-refractivity contribution >= 4 is 5.91 Å². The van der Waals surface area contributed by atoms with E-state index in [1.54, 1.807) is 0 Å². The number of aromatic nitrogens is 2. The van der Waals surface area contributed by atoms with Crippen molar-refractivity contribution in [2.45, 2.75) is 51.6 Å². The van der Waals surface area contributed by atoms with Crippen LogP contribution < -0.4 is 5.32 Å². The van der Waals surface area contributed by atoms with Crippen molar-refractivity contribution in [2.75, 3.05) is 32.8 Å². The molecule has 1 amide bonds. The Bertz CT molecular complexity index is 838. The lowest BCUT2D eigenvalue weighted by molar-refractivity contribution is -0.00924. The maximum atomic E-state index is 13.2. The number of hydrogen-bond acceptors (Lipinski definition) is 4. The number of ether oxygens (including phenoxy) is 1. The van der Waals surface area contributed by atoms with Crippen molar-refractivity contribution < 1.29 is 9.53 Å². The van der Waals surface area contributed by atoms with Crippen molar-refractivity contribution in [1.82, 2.24) is 19.8 Å². The number of hydrogen-bond donors (Lipinski definition) is 1. The average molecular weight is 397 g/mol. The van der Waals surface area contributed by atoms with Gasteiger partial charge < -0.3 is 14.6 Å². The minimum Gasteiger partial charge on any atom is -0.379 e. The quantitative estimate of drug-likeness (QED) is 0.844. The largest absolute Gasteiger partial charge is 0.379 e. The Morgan fingerprint density at radius 1 is 1.10 bits per heavy atom. The Labute approximate surface area is 173 Å². The minimum absolute atomic E-state index is 0.0563. The highest BCUT2D eigenvalue weighted by atomic mass is 16.5. The van der Waals surface area contributed by atoms with Gasteiger partial charge in [-0.1, -0.05) is 36.8 Å². The molecule has 1 N–H and O–H groups in total. The number of morpholine rings is 1. The third-order valence-electron chi connectivity index (χ3n) is 6.16. The predicted octanol–water partition coefficient (Wildman–Crippen LogP) is 3.12. The van der Waals surface area contributed by atoms with Crippen LogP contribution in [-0.2, 0) is 17.7 Å². The van der Waals surface area contributed by atoms with Crippen molar-refractivity contribution in [2.24, 2.45) is 0 Å². The third-order valence-corrected chi connectivity index (χ3v) is 6.16. The van der Waals surface area contributed by atoms with E-state index in [-0.39, 0.29) is 11.4 Å². The van der Waals surface area contributed by atoms with E-state index in [2.05, 4.69) is 40.8 Å². The van der Waals surface area contributed by atoms with Gasteiger partial charge in [-0.05, 0) is 33.1 Å². The van der Waals surface area contributed by atoms with Gasteiger partial charge in [0.05, 0.1) is 18.9 Å². The van der Waals surface area contributed by atoms with Crippen LogP contribution in [0.4, 0.5) is 0 Å². The van der Waals surface area contributed by atoms with Crippen molar-refractivity contribution in [3.8, 4) is 11.4 Å². The summed E-state index contributed by atoms with van der Waals surface area (Å²) in [5, 5.41) is 3.17. The van der Waals surface area contributed by atoms with Gasteiger partial charge in [0.2, 0.25) is 0 Å². The first-order valence-electron chi connectivity index (χ1n) is 10.8. The number of benzene rings is 1. The van der Waals surface area contributed by atoms with Crippen LogP contribution in [0.3, 0.4) is 0 Å². The Balaban J connectivity index is 1.56. The number of carbonyl (C=O) groups is 1. The molecular formula is C23H32N4O2. The molecule has 1 aromatic heterocycles. The maximum Gasteiger partial charge on any atom is 0.271 e. The van der Waals surface area contributed by atoms with Gasteiger partial charge in [0, 0.05) is 37.3 Å². The van der Waals surface area contributed by atoms with E-state index in [4.69, 9.17) is 9.72 Å². The van der Waals surface area contributed by atoms with Gasteiger partial charge in [0.25, 0.3) is 5.91 Å². The Morgan fingerprint density at radius 2 is 1.86 bits per heavy atom. The molecule has 0 aliphatic carbocycles. The zero-order chi connectivity index (χ0) is 20.3. The summed E-state index contributed by atoms with van der Waals surface area (Å²) in [7, 11) is 0. The molecule has 0 atom stereocenters. The number of nitrogens with zero attached hydrogens (tertiary/aromatic N) is 3. The van der Waals surface area contributed by atoms with E-state index in [1.807, 2.05) is 18.2 Å². The zero-order valence-corrected chi connectivity index (χ0v) is 17.6. The van der Waals surface area contributed by atoms with Crippen LogP contribution in [0.15, 0.2) is 30.3 Å². The number of nitrogens with one attached hydrogen (secondary N) is 1. The number of fused-ring (bicyclic) bond motifs is 1. The fourth-order valence-electron chi connectivity index (χ4n) is 4.37. The molecule has 3 heterocycles. The minimum atomic E-state index is -0.113. The SMILES string of the molecule is CC(C)(CNC(=O)c1nc(-c2ccccc2)n2c1CCCCC2)N1CCOCC1. The second-order valence-electron chi connectivity index (χ2n) is 8.65. The zero-order valence-electron chi connectivity index (χ0n) is 17.6. The van der Waals surface area contributed by atoms with Gasteiger partial charge >= 0.3 is 0 Å². The molecule has 29 heavy (non-hydrogen) atoms. The molecule has 1 aromatic carbocycles. The van der Waals surface area contributed by atoms with Gasteiger partial charge in [-0.2, -0.15) is 0 Å². The predicted molar refractivity (Wildman–Crippen MR) is 114 cm³/mol. The highest BCUT2D eigenvalue weighted by Crippen LogP contribution is 2.27. The van der Waals surface area contributed by atoms with Crippen LogP contribution in [0, 0.1) is 0 Å². The fraction of sp³-hybridized carbons (Fsp3) is 0.565. The second kappa shape index (κ2) is 8.67. The average Bonchev–Trinajstić information content (AvgIpc) is 2.94. The summed E-state index contributed by atoms with van der Waals surface area (Å²) >= 11 is 0.